The lowest BCUT2D eigenvalue weighted by Crippen LogP contribution is -2.36. The molecule has 2 aromatic rings. The molecule has 0 amide bonds. The average Bonchev–Trinajstić information content (AvgIpc) is 3.13. The van der Waals surface area contributed by atoms with Gasteiger partial charge in [0.25, 0.3) is 0 Å². The highest BCUT2D eigenvalue weighted by atomic mass is 16.5. The Kier molecular flexibility index (Phi) is 5.24. The highest BCUT2D eigenvalue weighted by Gasteiger charge is 2.44. The molecule has 1 atom stereocenters. The predicted molar refractivity (Wildman–Crippen MR) is 77.5 cm³/mol. The first-order valence-electron chi connectivity index (χ1n) is 6.74. The van der Waals surface area contributed by atoms with E-state index in [0.29, 0.717) is 0 Å². The van der Waals surface area contributed by atoms with E-state index in [1.807, 2.05) is 0 Å². The Balaban J connectivity index is 2.53. The number of pyridine rings is 1. The maximum Gasteiger partial charge on any atom is 0.321 e. The molecule has 0 bridgehead atoms. The number of nitrogens with zero attached hydrogens (tertiary/aromatic N) is 1. The van der Waals surface area contributed by atoms with Crippen molar-refractivity contribution in [3.63, 3.8) is 0 Å². The molecule has 7 nitrogen and oxygen atoms in total. The summed E-state index contributed by atoms with van der Waals surface area (Å²) in [4.78, 5) is 41.0. The van der Waals surface area contributed by atoms with Gasteiger partial charge in [0.1, 0.15) is 0 Å². The van der Waals surface area contributed by atoms with Gasteiger partial charge in [0.05, 0.1) is 32.1 Å². The van der Waals surface area contributed by atoms with Crippen molar-refractivity contribution < 1.29 is 28.3 Å². The third-order valence-electron chi connectivity index (χ3n) is 3.30. The van der Waals surface area contributed by atoms with E-state index >= 15 is 0 Å². The number of Topliss-reactive ketones (excluding diaryl/α,β-unsaturated/α-hetero) is 1. The molecule has 0 aliphatic rings. The summed E-state index contributed by atoms with van der Waals surface area (Å²) in [6, 6.07) is 7.84. The third kappa shape index (κ3) is 3.45. The van der Waals surface area contributed by atoms with E-state index in [9.17, 15) is 14.4 Å². The molecule has 0 saturated heterocycles. The minimum absolute atomic E-state index is 0.0125. The summed E-state index contributed by atoms with van der Waals surface area (Å²) in [5, 5.41) is 0. The Morgan fingerprint density at radius 1 is 1.04 bits per heavy atom. The lowest BCUT2D eigenvalue weighted by Gasteiger charge is -2.21. The van der Waals surface area contributed by atoms with Crippen molar-refractivity contribution in [1.29, 1.82) is 0 Å². The summed E-state index contributed by atoms with van der Waals surface area (Å²) in [5.41, 5.74) is 0.245. The number of methoxy groups -OCH3 is 2. The van der Waals surface area contributed by atoms with Crippen LogP contribution in [0.15, 0.2) is 47.2 Å². The Labute approximate surface area is 132 Å². The second kappa shape index (κ2) is 7.35. The number of carbonyl (C=O) groups is 3. The number of furan rings is 1. The molecule has 0 unspecified atom stereocenters. The third-order valence-corrected chi connectivity index (χ3v) is 3.30. The van der Waals surface area contributed by atoms with Gasteiger partial charge < -0.3 is 13.9 Å². The molecule has 2 heterocycles. The van der Waals surface area contributed by atoms with Crippen LogP contribution >= 0.6 is 0 Å². The van der Waals surface area contributed by atoms with Crippen LogP contribution in [0.1, 0.15) is 22.2 Å². The largest absolute Gasteiger partial charge is 0.468 e. The fourth-order valence-corrected chi connectivity index (χ4v) is 2.21. The Morgan fingerprint density at radius 2 is 1.74 bits per heavy atom. The van der Waals surface area contributed by atoms with E-state index in [2.05, 4.69) is 14.5 Å². The van der Waals surface area contributed by atoms with Gasteiger partial charge in [0.15, 0.2) is 11.7 Å². The van der Waals surface area contributed by atoms with Gasteiger partial charge in [-0.2, -0.15) is 0 Å². The van der Waals surface area contributed by atoms with Gasteiger partial charge in [-0.3, -0.25) is 19.4 Å². The SMILES string of the molecule is COC(=O)C(C(=O)OC)[C@@H](C(=O)c1ccco1)c1ccccn1. The van der Waals surface area contributed by atoms with Crippen LogP contribution in [-0.4, -0.2) is 36.9 Å². The minimum Gasteiger partial charge on any atom is -0.468 e. The summed E-state index contributed by atoms with van der Waals surface area (Å²) in [5.74, 6) is -4.99. The molecule has 0 saturated carbocycles. The number of ether oxygens (including phenoxy) is 2. The number of rotatable bonds is 6. The van der Waals surface area contributed by atoms with Crippen LogP contribution in [0.4, 0.5) is 0 Å². The van der Waals surface area contributed by atoms with Crippen LogP contribution in [0.2, 0.25) is 0 Å². The predicted octanol–water partition coefficient (Wildman–Crippen LogP) is 1.60. The maximum absolute atomic E-state index is 12.7. The lowest BCUT2D eigenvalue weighted by atomic mass is 9.84. The van der Waals surface area contributed by atoms with Crippen molar-refractivity contribution in [2.75, 3.05) is 14.2 Å². The van der Waals surface area contributed by atoms with E-state index in [1.54, 1.807) is 18.2 Å². The van der Waals surface area contributed by atoms with Crippen LogP contribution < -0.4 is 0 Å². The van der Waals surface area contributed by atoms with E-state index in [-0.39, 0.29) is 11.5 Å². The van der Waals surface area contributed by atoms with Gasteiger partial charge in [-0.1, -0.05) is 6.07 Å². The molecule has 0 aliphatic heterocycles. The van der Waals surface area contributed by atoms with Crippen molar-refractivity contribution in [3.05, 3.63) is 54.2 Å². The van der Waals surface area contributed by atoms with E-state index < -0.39 is 29.6 Å². The molecule has 7 heteroatoms. The number of hydrogen-bond donors (Lipinski definition) is 0. The standard InChI is InChI=1S/C16H15NO6/c1-21-15(19)13(16(20)22-2)12(10-6-3-4-8-17-10)14(18)11-7-5-9-23-11/h3-9,12-13H,1-2H3/t12-/m0/s1. The Bertz CT molecular complexity index is 664. The number of esters is 2. The molecule has 0 radical (unpaired) electrons. The Hall–Kier alpha value is -2.96. The van der Waals surface area contributed by atoms with Crippen LogP contribution in [0.25, 0.3) is 0 Å². The van der Waals surface area contributed by atoms with Crippen LogP contribution in [0, 0.1) is 5.92 Å². The number of hydrogen-bond acceptors (Lipinski definition) is 7. The zero-order valence-corrected chi connectivity index (χ0v) is 12.6. The molecule has 0 N–H and O–H groups in total. The molecule has 0 fully saturated rings. The minimum atomic E-state index is -1.47. The summed E-state index contributed by atoms with van der Waals surface area (Å²) in [7, 11) is 2.26. The smallest absolute Gasteiger partial charge is 0.321 e. The molecular weight excluding hydrogens is 302 g/mol. The fraction of sp³-hybridized carbons (Fsp3) is 0.250. The number of carbonyl (C=O) groups excluding carboxylic acids is 3. The first-order chi connectivity index (χ1) is 11.1. The Morgan fingerprint density at radius 3 is 2.22 bits per heavy atom. The fourth-order valence-electron chi connectivity index (χ4n) is 2.21. The number of aromatic nitrogens is 1. The van der Waals surface area contributed by atoms with Gasteiger partial charge in [-0.05, 0) is 24.3 Å². The van der Waals surface area contributed by atoms with Gasteiger partial charge >= 0.3 is 11.9 Å². The van der Waals surface area contributed by atoms with Crippen molar-refractivity contribution >= 4 is 17.7 Å². The zero-order chi connectivity index (χ0) is 16.8. The first-order valence-corrected chi connectivity index (χ1v) is 6.74. The second-order valence-electron chi connectivity index (χ2n) is 4.60. The molecule has 2 rings (SSSR count). The first kappa shape index (κ1) is 16.4. The second-order valence-corrected chi connectivity index (χ2v) is 4.60. The lowest BCUT2D eigenvalue weighted by molar-refractivity contribution is -0.159. The summed E-state index contributed by atoms with van der Waals surface area (Å²) < 4.78 is 14.4. The summed E-state index contributed by atoms with van der Waals surface area (Å²) in [6.07, 6.45) is 2.79. The zero-order valence-electron chi connectivity index (χ0n) is 12.6. The highest BCUT2D eigenvalue weighted by Crippen LogP contribution is 2.29. The summed E-state index contributed by atoms with van der Waals surface area (Å²) in [6.45, 7) is 0. The number of ketones is 1. The molecule has 0 aromatic carbocycles. The van der Waals surface area contributed by atoms with E-state index in [1.165, 1.54) is 24.6 Å². The van der Waals surface area contributed by atoms with Gasteiger partial charge in [0.2, 0.25) is 5.78 Å². The van der Waals surface area contributed by atoms with Gasteiger partial charge in [-0.25, -0.2) is 0 Å². The van der Waals surface area contributed by atoms with Crippen LogP contribution in [0.5, 0.6) is 0 Å². The quantitative estimate of drug-likeness (QED) is 0.453. The summed E-state index contributed by atoms with van der Waals surface area (Å²) >= 11 is 0. The highest BCUT2D eigenvalue weighted by molar-refractivity contribution is 6.07. The molecule has 0 spiro atoms. The van der Waals surface area contributed by atoms with Crippen LogP contribution in [-0.2, 0) is 19.1 Å². The van der Waals surface area contributed by atoms with Crippen LogP contribution in [0.3, 0.4) is 0 Å². The normalized spacial score (nSPS) is 11.8. The molecule has 2 aromatic heterocycles. The van der Waals surface area contributed by atoms with Crippen molar-refractivity contribution in [2.45, 2.75) is 5.92 Å². The van der Waals surface area contributed by atoms with Gasteiger partial charge in [-0.15, -0.1) is 0 Å². The molecule has 0 aliphatic carbocycles. The van der Waals surface area contributed by atoms with Crippen molar-refractivity contribution in [1.82, 2.24) is 4.98 Å². The topological polar surface area (TPSA) is 95.7 Å². The van der Waals surface area contributed by atoms with Crippen molar-refractivity contribution in [2.24, 2.45) is 5.92 Å². The van der Waals surface area contributed by atoms with E-state index in [0.717, 1.165) is 14.2 Å². The molecule has 23 heavy (non-hydrogen) atoms. The molecular formula is C16H15NO6. The average molecular weight is 317 g/mol. The van der Waals surface area contributed by atoms with E-state index in [4.69, 9.17) is 4.42 Å². The van der Waals surface area contributed by atoms with Crippen molar-refractivity contribution in [3.8, 4) is 0 Å². The monoisotopic (exact) mass is 317 g/mol. The molecule has 120 valence electrons. The van der Waals surface area contributed by atoms with Gasteiger partial charge in [0, 0.05) is 6.20 Å². The maximum atomic E-state index is 12.7.